The Kier molecular flexibility index (Phi) is 4.03. The number of halogens is 3. The third kappa shape index (κ3) is 3.15. The Morgan fingerprint density at radius 1 is 1.35 bits per heavy atom. The zero-order valence-electron chi connectivity index (χ0n) is 9.45. The first-order valence-electron chi connectivity index (χ1n) is 5.09. The first-order chi connectivity index (χ1) is 7.90. The lowest BCUT2D eigenvalue weighted by atomic mass is 10.3. The Labute approximate surface area is 96.5 Å². The second-order valence-corrected chi connectivity index (χ2v) is 3.24. The number of hydrogen-bond donors (Lipinski definition) is 0. The maximum Gasteiger partial charge on any atom is 0.451 e. The highest BCUT2D eigenvalue weighted by molar-refractivity contribution is 5.92. The Balaban J connectivity index is 3.04. The summed E-state index contributed by atoms with van der Waals surface area (Å²) < 4.78 is 37.0. The van der Waals surface area contributed by atoms with Crippen molar-refractivity contribution in [3.05, 3.63) is 23.8 Å². The molecule has 1 aromatic rings. The Morgan fingerprint density at radius 3 is 2.41 bits per heavy atom. The average Bonchev–Trinajstić information content (AvgIpc) is 2.29. The van der Waals surface area contributed by atoms with E-state index in [9.17, 15) is 18.0 Å². The van der Waals surface area contributed by atoms with Gasteiger partial charge >= 0.3 is 6.18 Å². The lowest BCUT2D eigenvalue weighted by Gasteiger charge is -2.18. The number of rotatable bonds is 3. The van der Waals surface area contributed by atoms with Gasteiger partial charge in [0, 0.05) is 19.3 Å². The van der Waals surface area contributed by atoms with E-state index in [-0.39, 0.29) is 5.69 Å². The van der Waals surface area contributed by atoms with Crippen LogP contribution in [0.3, 0.4) is 0 Å². The predicted molar refractivity (Wildman–Crippen MR) is 54.3 cm³/mol. The zero-order chi connectivity index (χ0) is 13.1. The molecule has 1 amide bonds. The molecule has 94 valence electrons. The van der Waals surface area contributed by atoms with Crippen LogP contribution in [-0.2, 0) is 6.18 Å². The maximum atomic E-state index is 12.3. The van der Waals surface area contributed by atoms with Crippen LogP contribution >= 0.6 is 0 Å². The molecule has 1 rings (SSSR count). The third-order valence-electron chi connectivity index (χ3n) is 2.18. The van der Waals surface area contributed by atoms with Crippen molar-refractivity contribution in [1.82, 2.24) is 14.9 Å². The summed E-state index contributed by atoms with van der Waals surface area (Å²) in [5.41, 5.74) is -0.240. The minimum absolute atomic E-state index is 0.240. The summed E-state index contributed by atoms with van der Waals surface area (Å²) in [5, 5.41) is 0. The van der Waals surface area contributed by atoms with E-state index in [2.05, 4.69) is 9.97 Å². The predicted octanol–water partition coefficient (Wildman–Crippen LogP) is 1.98. The van der Waals surface area contributed by atoms with E-state index in [4.69, 9.17) is 0 Å². The molecule has 0 atom stereocenters. The Hall–Kier alpha value is -1.66. The molecule has 1 aromatic heterocycles. The van der Waals surface area contributed by atoms with Gasteiger partial charge in [-0.05, 0) is 19.9 Å². The van der Waals surface area contributed by atoms with Crippen molar-refractivity contribution >= 4 is 5.91 Å². The molecule has 1 heterocycles. The van der Waals surface area contributed by atoms with Gasteiger partial charge < -0.3 is 4.90 Å². The van der Waals surface area contributed by atoms with Gasteiger partial charge in [-0.2, -0.15) is 13.2 Å². The molecule has 0 aromatic carbocycles. The van der Waals surface area contributed by atoms with E-state index in [0.717, 1.165) is 6.20 Å². The van der Waals surface area contributed by atoms with Gasteiger partial charge in [0.15, 0.2) is 0 Å². The van der Waals surface area contributed by atoms with E-state index in [0.29, 0.717) is 13.1 Å². The third-order valence-corrected chi connectivity index (χ3v) is 2.18. The molecule has 0 radical (unpaired) electrons. The molecule has 0 aliphatic heterocycles. The second kappa shape index (κ2) is 5.11. The zero-order valence-corrected chi connectivity index (χ0v) is 9.45. The first kappa shape index (κ1) is 13.4. The average molecular weight is 247 g/mol. The number of nitrogens with zero attached hydrogens (tertiary/aromatic N) is 3. The molecule has 0 bridgehead atoms. The van der Waals surface area contributed by atoms with Crippen LogP contribution in [-0.4, -0.2) is 33.9 Å². The summed E-state index contributed by atoms with van der Waals surface area (Å²) in [4.78, 5) is 19.5. The molecule has 0 spiro atoms. The van der Waals surface area contributed by atoms with E-state index in [1.807, 2.05) is 0 Å². The van der Waals surface area contributed by atoms with Gasteiger partial charge in [-0.3, -0.25) is 4.79 Å². The van der Waals surface area contributed by atoms with Crippen molar-refractivity contribution in [2.75, 3.05) is 13.1 Å². The summed E-state index contributed by atoms with van der Waals surface area (Å²) in [5.74, 6) is -1.82. The van der Waals surface area contributed by atoms with E-state index in [1.54, 1.807) is 13.8 Å². The molecule has 0 unspecified atom stereocenters. The van der Waals surface area contributed by atoms with E-state index in [1.165, 1.54) is 11.0 Å². The highest BCUT2D eigenvalue weighted by atomic mass is 19.4. The van der Waals surface area contributed by atoms with E-state index < -0.39 is 17.9 Å². The van der Waals surface area contributed by atoms with Crippen LogP contribution in [0.2, 0.25) is 0 Å². The number of alkyl halides is 3. The van der Waals surface area contributed by atoms with Crippen LogP contribution in [0.1, 0.15) is 30.2 Å². The minimum Gasteiger partial charge on any atom is -0.338 e. The van der Waals surface area contributed by atoms with Crippen LogP contribution < -0.4 is 0 Å². The molecule has 0 saturated carbocycles. The molecule has 0 aliphatic rings. The number of aromatic nitrogens is 2. The number of amides is 1. The standard InChI is InChI=1S/C10H12F3N3O/c1-3-16(4-2)8(17)7-5-6-14-9(15-7)10(11,12)13/h5-6H,3-4H2,1-2H3. The van der Waals surface area contributed by atoms with Gasteiger partial charge in [0.05, 0.1) is 0 Å². The fraction of sp³-hybridized carbons (Fsp3) is 0.500. The van der Waals surface area contributed by atoms with Gasteiger partial charge in [0.2, 0.25) is 5.82 Å². The molecule has 0 fully saturated rings. The number of carbonyl (C=O) groups excluding carboxylic acids is 1. The van der Waals surface area contributed by atoms with Gasteiger partial charge in [0.1, 0.15) is 5.69 Å². The molecule has 4 nitrogen and oxygen atoms in total. The van der Waals surface area contributed by atoms with Crippen LogP contribution in [0.25, 0.3) is 0 Å². The first-order valence-corrected chi connectivity index (χ1v) is 5.09. The van der Waals surface area contributed by atoms with Gasteiger partial charge in [-0.1, -0.05) is 0 Å². The minimum atomic E-state index is -4.64. The maximum absolute atomic E-state index is 12.3. The van der Waals surface area contributed by atoms with Crippen LogP contribution in [0.5, 0.6) is 0 Å². The SMILES string of the molecule is CCN(CC)C(=O)c1ccnc(C(F)(F)F)n1. The van der Waals surface area contributed by atoms with Crippen molar-refractivity contribution in [2.45, 2.75) is 20.0 Å². The smallest absolute Gasteiger partial charge is 0.338 e. The van der Waals surface area contributed by atoms with Gasteiger partial charge in [-0.25, -0.2) is 9.97 Å². The molecule has 0 aliphatic carbocycles. The molecule has 7 heteroatoms. The second-order valence-electron chi connectivity index (χ2n) is 3.24. The lowest BCUT2D eigenvalue weighted by Crippen LogP contribution is -2.31. The summed E-state index contributed by atoms with van der Waals surface area (Å²) in [7, 11) is 0. The summed E-state index contributed by atoms with van der Waals surface area (Å²) in [6.07, 6.45) is -3.70. The topological polar surface area (TPSA) is 46.1 Å². The molecule has 0 saturated heterocycles. The van der Waals surface area contributed by atoms with Crippen molar-refractivity contribution in [3.63, 3.8) is 0 Å². The summed E-state index contributed by atoms with van der Waals surface area (Å²) >= 11 is 0. The van der Waals surface area contributed by atoms with Crippen molar-refractivity contribution < 1.29 is 18.0 Å². The number of carbonyl (C=O) groups is 1. The quantitative estimate of drug-likeness (QED) is 0.820. The van der Waals surface area contributed by atoms with Gasteiger partial charge in [0.25, 0.3) is 5.91 Å². The largest absolute Gasteiger partial charge is 0.451 e. The van der Waals surface area contributed by atoms with Crippen LogP contribution in [0.4, 0.5) is 13.2 Å². The molecule has 0 N–H and O–H groups in total. The monoisotopic (exact) mass is 247 g/mol. The summed E-state index contributed by atoms with van der Waals surface area (Å²) in [6, 6.07) is 1.18. The highest BCUT2D eigenvalue weighted by Gasteiger charge is 2.35. The molecule has 17 heavy (non-hydrogen) atoms. The summed E-state index contributed by atoms with van der Waals surface area (Å²) in [6.45, 7) is 4.32. The van der Waals surface area contributed by atoms with Crippen molar-refractivity contribution in [3.8, 4) is 0 Å². The van der Waals surface area contributed by atoms with Crippen LogP contribution in [0.15, 0.2) is 12.3 Å². The van der Waals surface area contributed by atoms with E-state index >= 15 is 0 Å². The van der Waals surface area contributed by atoms with Crippen molar-refractivity contribution in [2.24, 2.45) is 0 Å². The number of hydrogen-bond acceptors (Lipinski definition) is 3. The molecular weight excluding hydrogens is 235 g/mol. The highest BCUT2D eigenvalue weighted by Crippen LogP contribution is 2.25. The Morgan fingerprint density at radius 2 is 1.94 bits per heavy atom. The Bertz CT molecular complexity index is 402. The fourth-order valence-electron chi connectivity index (χ4n) is 1.29. The lowest BCUT2D eigenvalue weighted by molar-refractivity contribution is -0.145. The van der Waals surface area contributed by atoms with Gasteiger partial charge in [-0.15, -0.1) is 0 Å². The fourth-order valence-corrected chi connectivity index (χ4v) is 1.29. The van der Waals surface area contributed by atoms with Crippen LogP contribution in [0, 0.1) is 0 Å². The molecular formula is C10H12F3N3O. The van der Waals surface area contributed by atoms with Crippen molar-refractivity contribution in [1.29, 1.82) is 0 Å². The normalized spacial score (nSPS) is 11.4.